The Kier molecular flexibility index (Phi) is 5.85. The van der Waals surface area contributed by atoms with Crippen LogP contribution < -0.4 is 16.0 Å². The quantitative estimate of drug-likeness (QED) is 0.667. The standard InChI is InChI=1S/C15H20FN3O3/c1-10-2-3-11(8-12(10)16)14(20)18-4-5-19-15(21)13-9-17-6-7-22-13/h2-3,8,13,17H,4-7,9H2,1H3,(H,18,20)(H,19,21). The van der Waals surface area contributed by atoms with Crippen molar-refractivity contribution in [2.75, 3.05) is 32.8 Å². The molecule has 1 fully saturated rings. The van der Waals surface area contributed by atoms with Crippen molar-refractivity contribution in [1.82, 2.24) is 16.0 Å². The van der Waals surface area contributed by atoms with E-state index in [-0.39, 0.29) is 23.9 Å². The Hall–Kier alpha value is -1.99. The van der Waals surface area contributed by atoms with Gasteiger partial charge >= 0.3 is 0 Å². The van der Waals surface area contributed by atoms with E-state index in [2.05, 4.69) is 16.0 Å². The van der Waals surface area contributed by atoms with Crippen LogP contribution in [0, 0.1) is 12.7 Å². The number of hydrogen-bond donors (Lipinski definition) is 3. The Morgan fingerprint density at radius 3 is 2.82 bits per heavy atom. The number of ether oxygens (including phenoxy) is 1. The maximum Gasteiger partial charge on any atom is 0.251 e. The van der Waals surface area contributed by atoms with Gasteiger partial charge in [0.25, 0.3) is 11.8 Å². The number of nitrogens with one attached hydrogen (secondary N) is 3. The fraction of sp³-hybridized carbons (Fsp3) is 0.467. The van der Waals surface area contributed by atoms with Gasteiger partial charge in [-0.05, 0) is 24.6 Å². The van der Waals surface area contributed by atoms with Crippen LogP contribution in [0.3, 0.4) is 0 Å². The van der Waals surface area contributed by atoms with E-state index in [0.717, 1.165) is 6.54 Å². The summed E-state index contributed by atoms with van der Waals surface area (Å²) < 4.78 is 18.7. The maximum atomic E-state index is 13.4. The summed E-state index contributed by atoms with van der Waals surface area (Å²) in [6.45, 7) is 3.93. The Morgan fingerprint density at radius 2 is 2.14 bits per heavy atom. The number of morpholine rings is 1. The van der Waals surface area contributed by atoms with Crippen LogP contribution in [0.1, 0.15) is 15.9 Å². The molecule has 1 aromatic carbocycles. The molecule has 0 aliphatic carbocycles. The van der Waals surface area contributed by atoms with Gasteiger partial charge in [0.2, 0.25) is 0 Å². The molecule has 6 nitrogen and oxygen atoms in total. The van der Waals surface area contributed by atoms with Gasteiger partial charge in [-0.25, -0.2) is 4.39 Å². The van der Waals surface area contributed by atoms with E-state index in [1.54, 1.807) is 19.1 Å². The summed E-state index contributed by atoms with van der Waals surface area (Å²) in [4.78, 5) is 23.6. The first-order valence-corrected chi connectivity index (χ1v) is 7.22. The van der Waals surface area contributed by atoms with Gasteiger partial charge in [-0.1, -0.05) is 6.07 Å². The molecule has 2 rings (SSSR count). The minimum Gasteiger partial charge on any atom is -0.366 e. The molecule has 120 valence electrons. The number of rotatable bonds is 5. The van der Waals surface area contributed by atoms with Gasteiger partial charge in [0.1, 0.15) is 11.9 Å². The van der Waals surface area contributed by atoms with Crippen LogP contribution in [-0.2, 0) is 9.53 Å². The molecular formula is C15H20FN3O3. The highest BCUT2D eigenvalue weighted by Gasteiger charge is 2.20. The van der Waals surface area contributed by atoms with Crippen molar-refractivity contribution in [2.45, 2.75) is 13.0 Å². The molecule has 1 aliphatic rings. The average Bonchev–Trinajstić information content (AvgIpc) is 2.54. The van der Waals surface area contributed by atoms with Gasteiger partial charge in [-0.15, -0.1) is 0 Å². The van der Waals surface area contributed by atoms with Crippen LogP contribution >= 0.6 is 0 Å². The number of amides is 2. The van der Waals surface area contributed by atoms with Gasteiger partial charge in [0.15, 0.2) is 0 Å². The molecule has 2 amide bonds. The molecule has 0 aromatic heterocycles. The highest BCUT2D eigenvalue weighted by atomic mass is 19.1. The predicted octanol–water partition coefficient (Wildman–Crippen LogP) is -0.0315. The minimum atomic E-state index is -0.490. The fourth-order valence-corrected chi connectivity index (χ4v) is 2.05. The molecule has 0 radical (unpaired) electrons. The van der Waals surface area contributed by atoms with Gasteiger partial charge in [-0.2, -0.15) is 0 Å². The van der Waals surface area contributed by atoms with Gasteiger partial charge in [-0.3, -0.25) is 9.59 Å². The summed E-state index contributed by atoms with van der Waals surface area (Å²) >= 11 is 0. The molecule has 1 unspecified atom stereocenters. The normalized spacial score (nSPS) is 17.8. The molecule has 1 aliphatic heterocycles. The lowest BCUT2D eigenvalue weighted by Gasteiger charge is -2.22. The largest absolute Gasteiger partial charge is 0.366 e. The van der Waals surface area contributed by atoms with Crippen LogP contribution in [-0.4, -0.2) is 50.7 Å². The Bertz CT molecular complexity index is 545. The topological polar surface area (TPSA) is 79.5 Å². The summed E-state index contributed by atoms with van der Waals surface area (Å²) in [5, 5.41) is 8.38. The first-order valence-electron chi connectivity index (χ1n) is 7.22. The number of carbonyl (C=O) groups is 2. The van der Waals surface area contributed by atoms with E-state index >= 15 is 0 Å². The maximum absolute atomic E-state index is 13.4. The lowest BCUT2D eigenvalue weighted by Crippen LogP contribution is -2.49. The van der Waals surface area contributed by atoms with Gasteiger partial charge < -0.3 is 20.7 Å². The van der Waals surface area contributed by atoms with Crippen LogP contribution in [0.2, 0.25) is 0 Å². The lowest BCUT2D eigenvalue weighted by atomic mass is 10.1. The van der Waals surface area contributed by atoms with E-state index < -0.39 is 11.9 Å². The summed E-state index contributed by atoms with van der Waals surface area (Å²) in [6, 6.07) is 4.32. The van der Waals surface area contributed by atoms with Crippen molar-refractivity contribution < 1.29 is 18.7 Å². The third kappa shape index (κ3) is 4.51. The van der Waals surface area contributed by atoms with E-state index in [0.29, 0.717) is 25.3 Å². The van der Waals surface area contributed by atoms with Crippen molar-refractivity contribution in [3.63, 3.8) is 0 Å². The van der Waals surface area contributed by atoms with Gasteiger partial charge in [0.05, 0.1) is 6.61 Å². The highest BCUT2D eigenvalue weighted by molar-refractivity contribution is 5.94. The zero-order chi connectivity index (χ0) is 15.9. The van der Waals surface area contributed by atoms with Crippen molar-refractivity contribution in [3.05, 3.63) is 35.1 Å². The zero-order valence-electron chi connectivity index (χ0n) is 12.4. The zero-order valence-corrected chi connectivity index (χ0v) is 12.4. The molecule has 3 N–H and O–H groups in total. The Labute approximate surface area is 128 Å². The molecule has 1 atom stereocenters. The second kappa shape index (κ2) is 7.86. The number of hydrogen-bond acceptors (Lipinski definition) is 4. The first kappa shape index (κ1) is 16.4. The van der Waals surface area contributed by atoms with Crippen LogP contribution in [0.15, 0.2) is 18.2 Å². The smallest absolute Gasteiger partial charge is 0.251 e. The summed E-state index contributed by atoms with van der Waals surface area (Å²) in [6.07, 6.45) is -0.490. The number of halogens is 1. The lowest BCUT2D eigenvalue weighted by molar-refractivity contribution is -0.134. The molecule has 0 bridgehead atoms. The summed E-state index contributed by atoms with van der Waals surface area (Å²) in [5.41, 5.74) is 0.749. The van der Waals surface area contributed by atoms with E-state index in [1.165, 1.54) is 6.07 Å². The average molecular weight is 309 g/mol. The number of aryl methyl sites for hydroxylation is 1. The summed E-state index contributed by atoms with van der Waals surface area (Å²) in [5.74, 6) is -0.991. The fourth-order valence-electron chi connectivity index (χ4n) is 2.05. The second-order valence-electron chi connectivity index (χ2n) is 5.07. The Balaban J connectivity index is 1.70. The van der Waals surface area contributed by atoms with Crippen molar-refractivity contribution in [2.24, 2.45) is 0 Å². The van der Waals surface area contributed by atoms with Crippen LogP contribution in [0.4, 0.5) is 4.39 Å². The molecule has 1 aromatic rings. The number of carbonyl (C=O) groups excluding carboxylic acids is 2. The van der Waals surface area contributed by atoms with Crippen LogP contribution in [0.5, 0.6) is 0 Å². The minimum absolute atomic E-state index is 0.206. The van der Waals surface area contributed by atoms with Crippen LogP contribution in [0.25, 0.3) is 0 Å². The molecular weight excluding hydrogens is 289 g/mol. The van der Waals surface area contributed by atoms with E-state index in [1.807, 2.05) is 0 Å². The highest BCUT2D eigenvalue weighted by Crippen LogP contribution is 2.08. The summed E-state index contributed by atoms with van der Waals surface area (Å²) in [7, 11) is 0. The predicted molar refractivity (Wildman–Crippen MR) is 79.1 cm³/mol. The monoisotopic (exact) mass is 309 g/mol. The van der Waals surface area contributed by atoms with E-state index in [9.17, 15) is 14.0 Å². The van der Waals surface area contributed by atoms with E-state index in [4.69, 9.17) is 4.74 Å². The van der Waals surface area contributed by atoms with Crippen molar-refractivity contribution in [1.29, 1.82) is 0 Å². The molecule has 7 heteroatoms. The first-order chi connectivity index (χ1) is 10.6. The molecule has 1 heterocycles. The van der Waals surface area contributed by atoms with Crippen molar-refractivity contribution >= 4 is 11.8 Å². The molecule has 22 heavy (non-hydrogen) atoms. The SMILES string of the molecule is Cc1ccc(C(=O)NCCNC(=O)C2CNCCO2)cc1F. The molecule has 1 saturated heterocycles. The number of benzene rings is 1. The van der Waals surface area contributed by atoms with Gasteiger partial charge in [0, 0.05) is 31.7 Å². The Morgan fingerprint density at radius 1 is 1.36 bits per heavy atom. The molecule has 0 spiro atoms. The third-order valence-corrected chi connectivity index (χ3v) is 3.36. The second-order valence-corrected chi connectivity index (χ2v) is 5.07. The third-order valence-electron chi connectivity index (χ3n) is 3.36. The van der Waals surface area contributed by atoms with Crippen molar-refractivity contribution in [3.8, 4) is 0 Å². The molecule has 0 saturated carbocycles.